The lowest BCUT2D eigenvalue weighted by Crippen LogP contribution is -2.30. The normalized spacial score (nSPS) is 16.7. The van der Waals surface area contributed by atoms with Gasteiger partial charge in [0.05, 0.1) is 24.7 Å². The second kappa shape index (κ2) is 8.62. The summed E-state index contributed by atoms with van der Waals surface area (Å²) in [6.07, 6.45) is 0. The number of anilines is 1. The Kier molecular flexibility index (Phi) is 6.50. The van der Waals surface area contributed by atoms with E-state index in [4.69, 9.17) is 19.9 Å². The second-order valence-electron chi connectivity index (χ2n) is 6.21. The SMILES string of the molecule is CCOC(=O)C1=C(C)OC(N)=C(C(=O)OCC)[C@@H]1c1ccc(N(C)C)cc1. The van der Waals surface area contributed by atoms with Crippen LogP contribution in [-0.4, -0.2) is 39.2 Å². The van der Waals surface area contributed by atoms with Crippen LogP contribution in [0.15, 0.2) is 47.1 Å². The highest BCUT2D eigenvalue weighted by atomic mass is 16.5. The van der Waals surface area contributed by atoms with Gasteiger partial charge in [-0.05, 0) is 38.5 Å². The van der Waals surface area contributed by atoms with Gasteiger partial charge < -0.3 is 24.8 Å². The molecular weight excluding hydrogens is 348 g/mol. The van der Waals surface area contributed by atoms with Crippen LogP contribution in [-0.2, 0) is 23.8 Å². The molecule has 0 saturated carbocycles. The van der Waals surface area contributed by atoms with Crippen molar-refractivity contribution >= 4 is 17.6 Å². The molecular formula is C20H26N2O5. The fourth-order valence-electron chi connectivity index (χ4n) is 2.96. The molecule has 0 bridgehead atoms. The van der Waals surface area contributed by atoms with E-state index in [1.807, 2.05) is 43.3 Å². The molecule has 0 spiro atoms. The molecule has 0 fully saturated rings. The van der Waals surface area contributed by atoms with E-state index in [0.717, 1.165) is 11.3 Å². The molecule has 0 aliphatic carbocycles. The van der Waals surface area contributed by atoms with Crippen LogP contribution in [0.25, 0.3) is 0 Å². The minimum atomic E-state index is -0.729. The van der Waals surface area contributed by atoms with Gasteiger partial charge in [0.2, 0.25) is 5.88 Å². The van der Waals surface area contributed by atoms with E-state index >= 15 is 0 Å². The van der Waals surface area contributed by atoms with Gasteiger partial charge in [0.25, 0.3) is 0 Å². The van der Waals surface area contributed by atoms with Crippen LogP contribution in [0.2, 0.25) is 0 Å². The number of benzene rings is 1. The second-order valence-corrected chi connectivity index (χ2v) is 6.21. The minimum Gasteiger partial charge on any atom is -0.463 e. The van der Waals surface area contributed by atoms with E-state index in [-0.39, 0.29) is 30.2 Å². The minimum absolute atomic E-state index is 0.0688. The predicted molar refractivity (Wildman–Crippen MR) is 102 cm³/mol. The zero-order valence-corrected chi connectivity index (χ0v) is 16.4. The molecule has 27 heavy (non-hydrogen) atoms. The number of nitrogens with two attached hydrogens (primary N) is 1. The third kappa shape index (κ3) is 4.24. The van der Waals surface area contributed by atoms with Crippen molar-refractivity contribution < 1.29 is 23.8 Å². The highest BCUT2D eigenvalue weighted by Gasteiger charge is 2.39. The zero-order valence-electron chi connectivity index (χ0n) is 16.4. The van der Waals surface area contributed by atoms with Crippen LogP contribution in [0.3, 0.4) is 0 Å². The van der Waals surface area contributed by atoms with Crippen LogP contribution < -0.4 is 10.6 Å². The monoisotopic (exact) mass is 374 g/mol. The molecule has 7 heteroatoms. The smallest absolute Gasteiger partial charge is 0.340 e. The Morgan fingerprint density at radius 3 is 2.04 bits per heavy atom. The summed E-state index contributed by atoms with van der Waals surface area (Å²) in [6, 6.07) is 7.51. The first-order chi connectivity index (χ1) is 12.8. The molecule has 1 heterocycles. The Bertz CT molecular complexity index is 738. The molecule has 1 aromatic rings. The van der Waals surface area contributed by atoms with Crippen molar-refractivity contribution in [2.75, 3.05) is 32.2 Å². The molecule has 1 aliphatic rings. The molecule has 1 atom stereocenters. The van der Waals surface area contributed by atoms with Crippen LogP contribution in [0.5, 0.6) is 0 Å². The lowest BCUT2D eigenvalue weighted by molar-refractivity contribution is -0.140. The summed E-state index contributed by atoms with van der Waals surface area (Å²) in [4.78, 5) is 27.1. The molecule has 0 amide bonds. The van der Waals surface area contributed by atoms with Gasteiger partial charge in [-0.1, -0.05) is 12.1 Å². The molecule has 0 radical (unpaired) electrons. The lowest BCUT2D eigenvalue weighted by atomic mass is 9.82. The van der Waals surface area contributed by atoms with Gasteiger partial charge in [-0.15, -0.1) is 0 Å². The molecule has 2 N–H and O–H groups in total. The average Bonchev–Trinajstić information content (AvgIpc) is 2.61. The number of carbonyl (C=O) groups excluding carboxylic acids is 2. The maximum atomic E-state index is 12.6. The van der Waals surface area contributed by atoms with Gasteiger partial charge in [-0.25, -0.2) is 9.59 Å². The maximum absolute atomic E-state index is 12.6. The van der Waals surface area contributed by atoms with E-state index in [2.05, 4.69) is 0 Å². The van der Waals surface area contributed by atoms with Gasteiger partial charge in [-0.2, -0.15) is 0 Å². The number of carbonyl (C=O) groups is 2. The van der Waals surface area contributed by atoms with E-state index in [1.165, 1.54) is 0 Å². The summed E-state index contributed by atoms with van der Waals surface area (Å²) in [5.74, 6) is -1.66. The van der Waals surface area contributed by atoms with Gasteiger partial charge >= 0.3 is 11.9 Å². The number of esters is 2. The molecule has 146 valence electrons. The largest absolute Gasteiger partial charge is 0.463 e. The summed E-state index contributed by atoms with van der Waals surface area (Å²) >= 11 is 0. The summed E-state index contributed by atoms with van der Waals surface area (Å²) < 4.78 is 15.8. The van der Waals surface area contributed by atoms with E-state index in [1.54, 1.807) is 20.8 Å². The van der Waals surface area contributed by atoms with E-state index < -0.39 is 17.9 Å². The summed E-state index contributed by atoms with van der Waals surface area (Å²) in [5.41, 5.74) is 8.05. The molecule has 1 aromatic carbocycles. The maximum Gasteiger partial charge on any atom is 0.340 e. The number of allylic oxidation sites excluding steroid dienone is 1. The standard InChI is InChI=1S/C20H26N2O5/c1-6-25-19(23)15-12(3)27-18(21)17(20(24)26-7-2)16(15)13-8-10-14(11-9-13)22(4)5/h8-11,16H,6-7,21H2,1-5H3/t16-/m1/s1. The molecule has 0 saturated heterocycles. The van der Waals surface area contributed by atoms with Crippen molar-refractivity contribution in [2.24, 2.45) is 5.73 Å². The fourth-order valence-corrected chi connectivity index (χ4v) is 2.96. The van der Waals surface area contributed by atoms with Crippen LogP contribution in [0.4, 0.5) is 5.69 Å². The van der Waals surface area contributed by atoms with Crippen molar-refractivity contribution in [3.8, 4) is 0 Å². The van der Waals surface area contributed by atoms with Crippen LogP contribution >= 0.6 is 0 Å². The topological polar surface area (TPSA) is 91.1 Å². The number of rotatable bonds is 6. The zero-order chi connectivity index (χ0) is 20.1. The van der Waals surface area contributed by atoms with Crippen molar-refractivity contribution in [2.45, 2.75) is 26.7 Å². The van der Waals surface area contributed by atoms with Gasteiger partial charge in [-0.3, -0.25) is 0 Å². The van der Waals surface area contributed by atoms with Gasteiger partial charge in [0.15, 0.2) is 0 Å². The van der Waals surface area contributed by atoms with Crippen LogP contribution in [0, 0.1) is 0 Å². The number of nitrogens with zero attached hydrogens (tertiary/aromatic N) is 1. The van der Waals surface area contributed by atoms with Gasteiger partial charge in [0.1, 0.15) is 11.3 Å². The molecule has 2 rings (SSSR count). The Labute approximate surface area is 159 Å². The Hall–Kier alpha value is -2.96. The highest BCUT2D eigenvalue weighted by Crippen LogP contribution is 2.40. The highest BCUT2D eigenvalue weighted by molar-refractivity contribution is 5.99. The van der Waals surface area contributed by atoms with Crippen molar-refractivity contribution in [1.82, 2.24) is 0 Å². The third-order valence-corrected chi connectivity index (χ3v) is 4.22. The number of hydrogen-bond donors (Lipinski definition) is 1. The quantitative estimate of drug-likeness (QED) is 0.765. The van der Waals surface area contributed by atoms with Crippen molar-refractivity contribution in [3.05, 3.63) is 52.6 Å². The predicted octanol–water partition coefficient (Wildman–Crippen LogP) is 2.44. The van der Waals surface area contributed by atoms with E-state index in [0.29, 0.717) is 5.76 Å². The van der Waals surface area contributed by atoms with E-state index in [9.17, 15) is 9.59 Å². The Morgan fingerprint density at radius 1 is 1.04 bits per heavy atom. The first kappa shape index (κ1) is 20.4. The molecule has 0 aromatic heterocycles. The fraction of sp³-hybridized carbons (Fsp3) is 0.400. The lowest BCUT2D eigenvalue weighted by Gasteiger charge is -2.29. The number of ether oxygens (including phenoxy) is 3. The first-order valence-corrected chi connectivity index (χ1v) is 8.81. The Morgan fingerprint density at radius 2 is 1.56 bits per heavy atom. The van der Waals surface area contributed by atoms with Gasteiger partial charge in [0, 0.05) is 19.8 Å². The molecule has 7 nitrogen and oxygen atoms in total. The molecule has 0 unspecified atom stereocenters. The Balaban J connectivity index is 2.60. The third-order valence-electron chi connectivity index (χ3n) is 4.22. The van der Waals surface area contributed by atoms with Crippen LogP contribution in [0.1, 0.15) is 32.3 Å². The summed E-state index contributed by atoms with van der Waals surface area (Å²) in [5, 5.41) is 0. The first-order valence-electron chi connectivity index (χ1n) is 8.81. The average molecular weight is 374 g/mol. The van der Waals surface area contributed by atoms with Crippen molar-refractivity contribution in [1.29, 1.82) is 0 Å². The summed E-state index contributed by atoms with van der Waals surface area (Å²) in [7, 11) is 3.86. The van der Waals surface area contributed by atoms with Crippen molar-refractivity contribution in [3.63, 3.8) is 0 Å². The summed E-state index contributed by atoms with van der Waals surface area (Å²) in [6.45, 7) is 5.43. The molecule has 1 aliphatic heterocycles. The number of hydrogen-bond acceptors (Lipinski definition) is 7.